The molecule has 2 aromatic rings. The van der Waals surface area contributed by atoms with Crippen molar-refractivity contribution in [1.29, 1.82) is 0 Å². The van der Waals surface area contributed by atoms with Gasteiger partial charge in [0.2, 0.25) is 0 Å². The maximum absolute atomic E-state index is 6.59. The highest BCUT2D eigenvalue weighted by Gasteiger charge is 2.39. The van der Waals surface area contributed by atoms with Gasteiger partial charge in [-0.3, -0.25) is 0 Å². The molecule has 0 saturated carbocycles. The van der Waals surface area contributed by atoms with Gasteiger partial charge in [-0.1, -0.05) is 81.4 Å². The Morgan fingerprint density at radius 3 is 1.86 bits per heavy atom. The summed E-state index contributed by atoms with van der Waals surface area (Å²) in [5.74, 6) is 0.971. The summed E-state index contributed by atoms with van der Waals surface area (Å²) in [5.41, 5.74) is 2.30. The quantitative estimate of drug-likeness (QED) is 0.371. The first-order valence-electron chi connectivity index (χ1n) is 7.81. The minimum Gasteiger partial charge on any atom is -0.543 e. The van der Waals surface area contributed by atoms with Crippen LogP contribution in [0.1, 0.15) is 31.9 Å². The zero-order chi connectivity index (χ0) is 16.2. The Morgan fingerprint density at radius 1 is 0.864 bits per heavy atom. The molecule has 0 amide bonds. The number of benzene rings is 2. The van der Waals surface area contributed by atoms with Gasteiger partial charge in [0, 0.05) is 5.56 Å². The summed E-state index contributed by atoms with van der Waals surface area (Å²) in [7, 11) is -1.87. The van der Waals surface area contributed by atoms with Gasteiger partial charge in [0.25, 0.3) is 8.32 Å². The molecule has 2 rings (SSSR count). The van der Waals surface area contributed by atoms with Gasteiger partial charge in [-0.15, -0.1) is 0 Å². The lowest BCUT2D eigenvalue weighted by Gasteiger charge is -2.37. The number of rotatable bonds is 4. The van der Waals surface area contributed by atoms with Gasteiger partial charge >= 0.3 is 0 Å². The molecule has 2 heteroatoms. The predicted octanol–water partition coefficient (Wildman–Crippen LogP) is 6.21. The molecule has 116 valence electrons. The summed E-state index contributed by atoms with van der Waals surface area (Å²) >= 11 is 0. The van der Waals surface area contributed by atoms with E-state index in [0.717, 1.165) is 11.3 Å². The molecule has 0 aromatic heterocycles. The minimum atomic E-state index is -1.87. The van der Waals surface area contributed by atoms with Gasteiger partial charge in [0.1, 0.15) is 5.76 Å². The van der Waals surface area contributed by atoms with Gasteiger partial charge in [0.05, 0.1) is 0 Å². The van der Waals surface area contributed by atoms with E-state index < -0.39 is 8.32 Å². The average molecular weight is 311 g/mol. The molecule has 0 spiro atoms. The zero-order valence-corrected chi connectivity index (χ0v) is 15.3. The Bertz CT molecular complexity index is 622. The first-order valence-corrected chi connectivity index (χ1v) is 10.7. The lowest BCUT2D eigenvalue weighted by atomic mass is 10.1. The zero-order valence-electron chi connectivity index (χ0n) is 14.3. The number of hydrogen-bond donors (Lipinski definition) is 0. The minimum absolute atomic E-state index is 0.178. The second-order valence-electron chi connectivity index (χ2n) is 7.15. The van der Waals surface area contributed by atoms with Crippen molar-refractivity contribution in [2.45, 2.75) is 38.9 Å². The SMILES string of the molecule is CC(C)(C)[Si](C)(C)O/C(=C/c1ccccc1)c1ccccc1. The summed E-state index contributed by atoms with van der Waals surface area (Å²) in [4.78, 5) is 0. The van der Waals surface area contributed by atoms with Crippen LogP contribution in [0, 0.1) is 0 Å². The van der Waals surface area contributed by atoms with E-state index in [-0.39, 0.29) is 5.04 Å². The normalized spacial score (nSPS) is 13.0. The highest BCUT2D eigenvalue weighted by atomic mass is 28.4. The monoisotopic (exact) mass is 310 g/mol. The smallest absolute Gasteiger partial charge is 0.250 e. The van der Waals surface area contributed by atoms with E-state index in [9.17, 15) is 0 Å². The van der Waals surface area contributed by atoms with E-state index in [0.29, 0.717) is 0 Å². The molecule has 0 aliphatic carbocycles. The average Bonchev–Trinajstić information content (AvgIpc) is 2.47. The van der Waals surface area contributed by atoms with Crippen LogP contribution in [0.25, 0.3) is 11.8 Å². The molecule has 22 heavy (non-hydrogen) atoms. The Labute approximate surface area is 135 Å². The van der Waals surface area contributed by atoms with E-state index in [2.05, 4.69) is 88.5 Å². The van der Waals surface area contributed by atoms with E-state index in [4.69, 9.17) is 4.43 Å². The van der Waals surface area contributed by atoms with Gasteiger partial charge in [-0.05, 0) is 29.8 Å². The first kappa shape index (κ1) is 16.6. The predicted molar refractivity (Wildman–Crippen MR) is 99.0 cm³/mol. The van der Waals surface area contributed by atoms with Crippen molar-refractivity contribution in [2.75, 3.05) is 0 Å². The van der Waals surface area contributed by atoms with E-state index >= 15 is 0 Å². The van der Waals surface area contributed by atoms with Crippen LogP contribution in [0.5, 0.6) is 0 Å². The maximum atomic E-state index is 6.59. The molecule has 0 aliphatic rings. The molecule has 0 N–H and O–H groups in total. The topological polar surface area (TPSA) is 9.23 Å². The van der Waals surface area contributed by atoms with Crippen molar-refractivity contribution in [3.05, 3.63) is 71.8 Å². The fourth-order valence-electron chi connectivity index (χ4n) is 1.90. The summed E-state index contributed by atoms with van der Waals surface area (Å²) in [6.45, 7) is 11.4. The van der Waals surface area contributed by atoms with Crippen LogP contribution < -0.4 is 0 Å². The highest BCUT2D eigenvalue weighted by molar-refractivity contribution is 6.74. The van der Waals surface area contributed by atoms with Crippen molar-refractivity contribution in [3.8, 4) is 0 Å². The van der Waals surface area contributed by atoms with Crippen LogP contribution in [0.3, 0.4) is 0 Å². The van der Waals surface area contributed by atoms with E-state index in [1.807, 2.05) is 12.1 Å². The summed E-state index contributed by atoms with van der Waals surface area (Å²) < 4.78 is 6.59. The van der Waals surface area contributed by atoms with Crippen molar-refractivity contribution in [3.63, 3.8) is 0 Å². The molecule has 2 aromatic carbocycles. The molecule has 0 heterocycles. The lowest BCUT2D eigenvalue weighted by molar-refractivity contribution is 0.460. The fraction of sp³-hybridized carbons (Fsp3) is 0.300. The summed E-state index contributed by atoms with van der Waals surface area (Å²) in [6.07, 6.45) is 2.15. The van der Waals surface area contributed by atoms with E-state index in [1.54, 1.807) is 0 Å². The largest absolute Gasteiger partial charge is 0.543 e. The Hall–Kier alpha value is -1.80. The Morgan fingerprint density at radius 2 is 1.36 bits per heavy atom. The number of hydrogen-bond acceptors (Lipinski definition) is 1. The molecule has 1 nitrogen and oxygen atoms in total. The van der Waals surface area contributed by atoms with Gasteiger partial charge in [-0.2, -0.15) is 0 Å². The maximum Gasteiger partial charge on any atom is 0.250 e. The summed E-state index contributed by atoms with van der Waals surface area (Å²) in [6, 6.07) is 20.7. The van der Waals surface area contributed by atoms with Gasteiger partial charge in [-0.25, -0.2) is 0 Å². The van der Waals surface area contributed by atoms with Crippen LogP contribution in [-0.2, 0) is 4.43 Å². The second kappa shape index (κ2) is 6.53. The van der Waals surface area contributed by atoms with Crippen molar-refractivity contribution in [1.82, 2.24) is 0 Å². The fourth-order valence-corrected chi connectivity index (χ4v) is 2.94. The van der Waals surface area contributed by atoms with Crippen molar-refractivity contribution in [2.24, 2.45) is 0 Å². The highest BCUT2D eigenvalue weighted by Crippen LogP contribution is 2.39. The van der Waals surface area contributed by atoms with Crippen molar-refractivity contribution >= 4 is 20.2 Å². The first-order chi connectivity index (χ1) is 10.3. The summed E-state index contributed by atoms with van der Waals surface area (Å²) in [5, 5.41) is 0.178. The van der Waals surface area contributed by atoms with Crippen molar-refractivity contribution < 1.29 is 4.43 Å². The molecular weight excluding hydrogens is 284 g/mol. The molecule has 0 radical (unpaired) electrons. The molecule has 0 fully saturated rings. The Kier molecular flexibility index (Phi) is 4.92. The third-order valence-corrected chi connectivity index (χ3v) is 8.67. The second-order valence-corrected chi connectivity index (χ2v) is 11.9. The standard InChI is InChI=1S/C20H26OSi/c1-20(2,3)22(4,5)21-19(18-14-10-7-11-15-18)16-17-12-8-6-9-13-17/h6-16H,1-5H3/b19-16+. The van der Waals surface area contributed by atoms with Crippen LogP contribution >= 0.6 is 0 Å². The molecule has 0 aliphatic heterocycles. The molecule has 0 atom stereocenters. The van der Waals surface area contributed by atoms with Gasteiger partial charge in [0.15, 0.2) is 0 Å². The molecule has 0 saturated heterocycles. The lowest BCUT2D eigenvalue weighted by Crippen LogP contribution is -2.40. The Balaban J connectivity index is 2.42. The molecular formula is C20H26OSi. The van der Waals surface area contributed by atoms with Crippen LogP contribution in [-0.4, -0.2) is 8.32 Å². The third-order valence-electron chi connectivity index (χ3n) is 4.33. The third kappa shape index (κ3) is 4.11. The molecule has 0 bridgehead atoms. The van der Waals surface area contributed by atoms with Gasteiger partial charge < -0.3 is 4.43 Å². The molecule has 0 unspecified atom stereocenters. The van der Waals surface area contributed by atoms with Crippen LogP contribution in [0.2, 0.25) is 18.1 Å². The van der Waals surface area contributed by atoms with Crippen LogP contribution in [0.4, 0.5) is 0 Å². The van der Waals surface area contributed by atoms with Crippen LogP contribution in [0.15, 0.2) is 60.7 Å². The van der Waals surface area contributed by atoms with E-state index in [1.165, 1.54) is 5.56 Å².